The predicted octanol–water partition coefficient (Wildman–Crippen LogP) is 0.830. The molecule has 0 radical (unpaired) electrons. The van der Waals surface area contributed by atoms with Crippen LogP contribution < -0.4 is 0 Å². The maximum Gasteiger partial charge on any atom is 0.254 e. The van der Waals surface area contributed by atoms with E-state index in [4.69, 9.17) is 0 Å². The highest BCUT2D eigenvalue weighted by Gasteiger charge is 2.23. The number of carbonyl (C=O) groups is 1. The van der Waals surface area contributed by atoms with E-state index in [0.29, 0.717) is 25.2 Å². The number of amides is 1. The first kappa shape index (κ1) is 14.4. The van der Waals surface area contributed by atoms with Crippen LogP contribution in [0, 0.1) is 0 Å². The van der Waals surface area contributed by atoms with Crippen molar-refractivity contribution in [2.24, 2.45) is 0 Å². The van der Waals surface area contributed by atoms with Crippen molar-refractivity contribution in [2.75, 3.05) is 32.7 Å². The summed E-state index contributed by atoms with van der Waals surface area (Å²) in [6.07, 6.45) is -0.327. The van der Waals surface area contributed by atoms with Gasteiger partial charge < -0.3 is 10.0 Å². The van der Waals surface area contributed by atoms with Crippen LogP contribution in [0.15, 0.2) is 18.2 Å². The van der Waals surface area contributed by atoms with Gasteiger partial charge in [-0.25, -0.2) is 0 Å². The summed E-state index contributed by atoms with van der Waals surface area (Å²) in [7, 11) is 0. The van der Waals surface area contributed by atoms with E-state index >= 15 is 0 Å². The van der Waals surface area contributed by atoms with Crippen LogP contribution in [0.3, 0.4) is 0 Å². The Labute approximate surface area is 127 Å². The van der Waals surface area contributed by atoms with Gasteiger partial charge in [-0.3, -0.25) is 9.69 Å². The Morgan fingerprint density at radius 2 is 2.00 bits per heavy atom. The van der Waals surface area contributed by atoms with Crippen molar-refractivity contribution in [3.63, 3.8) is 0 Å². The lowest BCUT2D eigenvalue weighted by Crippen LogP contribution is -2.50. The van der Waals surface area contributed by atoms with Gasteiger partial charge in [0.1, 0.15) is 11.0 Å². The number of rotatable bonds is 3. The fraction of sp³-hybridized carbons (Fsp3) is 0.500. The maximum atomic E-state index is 12.5. The third kappa shape index (κ3) is 3.20. The molecule has 0 saturated carbocycles. The summed E-state index contributed by atoms with van der Waals surface area (Å²) in [6, 6.07) is 5.47. The van der Waals surface area contributed by atoms with Gasteiger partial charge in [-0.05, 0) is 25.1 Å². The number of hydrogen-bond donors (Lipinski definition) is 1. The molecule has 1 N–H and O–H groups in total. The average molecular weight is 306 g/mol. The van der Waals surface area contributed by atoms with Crippen molar-refractivity contribution in [3.8, 4) is 0 Å². The summed E-state index contributed by atoms with van der Waals surface area (Å²) >= 11 is 1.16. The Balaban J connectivity index is 1.66. The third-order valence-corrected chi connectivity index (χ3v) is 4.24. The molecule has 1 aliphatic heterocycles. The number of nitrogens with zero attached hydrogens (tertiary/aromatic N) is 4. The molecular formula is C14H18N4O2S. The van der Waals surface area contributed by atoms with Crippen molar-refractivity contribution in [1.29, 1.82) is 0 Å². The molecule has 1 fully saturated rings. The van der Waals surface area contributed by atoms with E-state index in [1.165, 1.54) is 0 Å². The fourth-order valence-electron chi connectivity index (χ4n) is 2.60. The molecule has 0 bridgehead atoms. The molecule has 6 nitrogen and oxygen atoms in total. The normalized spacial score (nSPS) is 18.1. The molecule has 1 atom stereocenters. The molecule has 1 saturated heterocycles. The van der Waals surface area contributed by atoms with E-state index < -0.39 is 0 Å². The number of fused-ring (bicyclic) bond motifs is 1. The lowest BCUT2D eigenvalue weighted by molar-refractivity contribution is 0.0554. The van der Waals surface area contributed by atoms with Crippen LogP contribution in [-0.4, -0.2) is 68.4 Å². The summed E-state index contributed by atoms with van der Waals surface area (Å²) in [4.78, 5) is 16.6. The SMILES string of the molecule is C[C@H](O)CN1CCN(C(=O)c2ccc3nsnc3c2)CC1. The van der Waals surface area contributed by atoms with E-state index in [9.17, 15) is 9.90 Å². The van der Waals surface area contributed by atoms with E-state index in [0.717, 1.165) is 35.9 Å². The topological polar surface area (TPSA) is 69.6 Å². The van der Waals surface area contributed by atoms with Gasteiger partial charge >= 0.3 is 0 Å². The molecule has 1 amide bonds. The second kappa shape index (κ2) is 6.05. The second-order valence-corrected chi connectivity index (χ2v) is 5.94. The van der Waals surface area contributed by atoms with Gasteiger partial charge in [0.05, 0.1) is 17.8 Å². The van der Waals surface area contributed by atoms with Crippen molar-refractivity contribution in [1.82, 2.24) is 18.5 Å². The number of carbonyl (C=O) groups excluding carboxylic acids is 1. The summed E-state index contributed by atoms with van der Waals surface area (Å²) in [5, 5.41) is 9.40. The van der Waals surface area contributed by atoms with Crippen molar-refractivity contribution < 1.29 is 9.90 Å². The van der Waals surface area contributed by atoms with Gasteiger partial charge in [-0.2, -0.15) is 8.75 Å². The molecule has 2 aromatic rings. The Hall–Kier alpha value is -1.57. The minimum absolute atomic E-state index is 0.0431. The average Bonchev–Trinajstić information content (AvgIpc) is 2.94. The van der Waals surface area contributed by atoms with Gasteiger partial charge in [0, 0.05) is 38.3 Å². The van der Waals surface area contributed by atoms with Crippen LogP contribution in [0.2, 0.25) is 0 Å². The highest BCUT2D eigenvalue weighted by Crippen LogP contribution is 2.16. The third-order valence-electron chi connectivity index (χ3n) is 3.68. The van der Waals surface area contributed by atoms with Crippen molar-refractivity contribution in [3.05, 3.63) is 23.8 Å². The summed E-state index contributed by atoms with van der Waals surface area (Å²) in [5.74, 6) is 0.0431. The zero-order chi connectivity index (χ0) is 14.8. The summed E-state index contributed by atoms with van der Waals surface area (Å²) in [5.41, 5.74) is 2.27. The Morgan fingerprint density at radius 1 is 1.29 bits per heavy atom. The molecule has 1 aromatic carbocycles. The van der Waals surface area contributed by atoms with E-state index in [2.05, 4.69) is 13.6 Å². The number of hydrogen-bond acceptors (Lipinski definition) is 6. The van der Waals surface area contributed by atoms with Crippen molar-refractivity contribution >= 4 is 28.7 Å². The smallest absolute Gasteiger partial charge is 0.254 e. The maximum absolute atomic E-state index is 12.5. The first-order valence-corrected chi connectivity index (χ1v) is 7.78. The molecule has 112 valence electrons. The largest absolute Gasteiger partial charge is 0.392 e. The zero-order valence-electron chi connectivity index (χ0n) is 11.9. The lowest BCUT2D eigenvalue weighted by atomic mass is 10.1. The van der Waals surface area contributed by atoms with Crippen LogP contribution in [0.5, 0.6) is 0 Å². The molecule has 3 rings (SSSR count). The molecule has 0 aliphatic carbocycles. The molecule has 21 heavy (non-hydrogen) atoms. The predicted molar refractivity (Wildman–Crippen MR) is 81.4 cm³/mol. The quantitative estimate of drug-likeness (QED) is 0.909. The van der Waals surface area contributed by atoms with E-state index in [1.807, 2.05) is 23.1 Å². The van der Waals surface area contributed by atoms with Gasteiger partial charge in [-0.15, -0.1) is 0 Å². The molecule has 0 spiro atoms. The minimum Gasteiger partial charge on any atom is -0.392 e. The van der Waals surface area contributed by atoms with E-state index in [1.54, 1.807) is 6.92 Å². The Kier molecular flexibility index (Phi) is 4.14. The number of piperazine rings is 1. The van der Waals surface area contributed by atoms with Crippen molar-refractivity contribution in [2.45, 2.75) is 13.0 Å². The number of aliphatic hydroxyl groups excluding tert-OH is 1. The highest BCUT2D eigenvalue weighted by molar-refractivity contribution is 7.00. The molecule has 0 unspecified atom stereocenters. The Bertz CT molecular complexity index is 635. The van der Waals surface area contributed by atoms with Gasteiger partial charge in [0.15, 0.2) is 0 Å². The highest BCUT2D eigenvalue weighted by atomic mass is 32.1. The van der Waals surface area contributed by atoms with Gasteiger partial charge in [0.2, 0.25) is 0 Å². The summed E-state index contributed by atoms with van der Waals surface area (Å²) < 4.78 is 8.32. The molecule has 1 aliphatic rings. The van der Waals surface area contributed by atoms with Crippen LogP contribution in [-0.2, 0) is 0 Å². The van der Waals surface area contributed by atoms with E-state index in [-0.39, 0.29) is 12.0 Å². The number of β-amino-alcohol motifs (C(OH)–C–C–N with tert-alkyl or cyclic N) is 1. The zero-order valence-corrected chi connectivity index (χ0v) is 12.7. The standard InChI is InChI=1S/C14H18N4O2S/c1-10(19)9-17-4-6-18(7-5-17)14(20)11-2-3-12-13(8-11)16-21-15-12/h2-3,8,10,19H,4-7,9H2,1H3/t10-/m0/s1. The molecule has 1 aromatic heterocycles. The summed E-state index contributed by atoms with van der Waals surface area (Å²) in [6.45, 7) is 5.44. The van der Waals surface area contributed by atoms with Crippen LogP contribution in [0.1, 0.15) is 17.3 Å². The lowest BCUT2D eigenvalue weighted by Gasteiger charge is -2.35. The van der Waals surface area contributed by atoms with Crippen LogP contribution in [0.4, 0.5) is 0 Å². The number of aliphatic hydroxyl groups is 1. The fourth-order valence-corrected chi connectivity index (χ4v) is 3.12. The van der Waals surface area contributed by atoms with Gasteiger partial charge in [0.25, 0.3) is 5.91 Å². The van der Waals surface area contributed by atoms with Crippen LogP contribution in [0.25, 0.3) is 11.0 Å². The number of benzene rings is 1. The Morgan fingerprint density at radius 3 is 2.71 bits per heavy atom. The minimum atomic E-state index is -0.327. The monoisotopic (exact) mass is 306 g/mol. The van der Waals surface area contributed by atoms with Gasteiger partial charge in [-0.1, -0.05) is 0 Å². The first-order valence-electron chi connectivity index (χ1n) is 7.05. The first-order chi connectivity index (χ1) is 10.1. The number of aromatic nitrogens is 2. The molecular weight excluding hydrogens is 288 g/mol. The molecule has 7 heteroatoms. The molecule has 2 heterocycles. The van der Waals surface area contributed by atoms with Crippen LogP contribution >= 0.6 is 11.7 Å². The second-order valence-electron chi connectivity index (χ2n) is 5.41.